The van der Waals surface area contributed by atoms with E-state index >= 15 is 0 Å². The zero-order valence-corrected chi connectivity index (χ0v) is 9.34. The standard InChI is InChI=1S/C12H14FN3/c1-8-3-4-10(13)5-12(8)15-7-11-6-14-9(2)16-11/h3-6,15H,7H2,1-2H3,(H,14,16). The minimum absolute atomic E-state index is 0.228. The van der Waals surface area contributed by atoms with E-state index in [1.807, 2.05) is 13.8 Å². The van der Waals surface area contributed by atoms with Crippen LogP contribution in [0.4, 0.5) is 10.1 Å². The molecule has 0 saturated heterocycles. The van der Waals surface area contributed by atoms with Crippen LogP contribution in [0.3, 0.4) is 0 Å². The number of aryl methyl sites for hydroxylation is 2. The van der Waals surface area contributed by atoms with Gasteiger partial charge < -0.3 is 10.3 Å². The highest BCUT2D eigenvalue weighted by Crippen LogP contribution is 2.16. The average Bonchev–Trinajstić information content (AvgIpc) is 2.66. The summed E-state index contributed by atoms with van der Waals surface area (Å²) in [5.41, 5.74) is 2.83. The highest BCUT2D eigenvalue weighted by molar-refractivity contribution is 5.50. The van der Waals surface area contributed by atoms with Gasteiger partial charge in [0.05, 0.1) is 18.4 Å². The summed E-state index contributed by atoms with van der Waals surface area (Å²) >= 11 is 0. The lowest BCUT2D eigenvalue weighted by Gasteiger charge is -2.08. The Bertz CT molecular complexity index is 491. The van der Waals surface area contributed by atoms with Gasteiger partial charge in [0.1, 0.15) is 11.6 Å². The Labute approximate surface area is 93.7 Å². The Kier molecular flexibility index (Phi) is 2.90. The van der Waals surface area contributed by atoms with Gasteiger partial charge in [0.2, 0.25) is 0 Å². The number of rotatable bonds is 3. The van der Waals surface area contributed by atoms with E-state index in [1.54, 1.807) is 12.3 Å². The lowest BCUT2D eigenvalue weighted by Crippen LogP contribution is -2.01. The number of aromatic nitrogens is 2. The molecule has 0 atom stereocenters. The van der Waals surface area contributed by atoms with Crippen LogP contribution in [0.1, 0.15) is 17.1 Å². The van der Waals surface area contributed by atoms with Crippen LogP contribution >= 0.6 is 0 Å². The van der Waals surface area contributed by atoms with Crippen LogP contribution < -0.4 is 5.32 Å². The number of halogens is 1. The summed E-state index contributed by atoms with van der Waals surface area (Å²) in [6.07, 6.45) is 1.77. The maximum atomic E-state index is 13.0. The Morgan fingerprint density at radius 1 is 1.38 bits per heavy atom. The van der Waals surface area contributed by atoms with E-state index in [0.29, 0.717) is 6.54 Å². The molecular weight excluding hydrogens is 205 g/mol. The fourth-order valence-electron chi connectivity index (χ4n) is 1.54. The molecule has 1 aromatic carbocycles. The Hall–Kier alpha value is -1.84. The first kappa shape index (κ1) is 10.7. The average molecular weight is 219 g/mol. The molecule has 2 aromatic rings. The SMILES string of the molecule is Cc1ncc(CNc2cc(F)ccc2C)[nH]1. The summed E-state index contributed by atoms with van der Waals surface area (Å²) < 4.78 is 13.0. The predicted molar refractivity (Wildman–Crippen MR) is 61.8 cm³/mol. The fraction of sp³-hybridized carbons (Fsp3) is 0.250. The number of anilines is 1. The quantitative estimate of drug-likeness (QED) is 0.833. The number of nitrogens with one attached hydrogen (secondary N) is 2. The molecule has 0 aliphatic carbocycles. The molecule has 1 aromatic heterocycles. The van der Waals surface area contributed by atoms with E-state index in [4.69, 9.17) is 0 Å². The van der Waals surface area contributed by atoms with Gasteiger partial charge in [0, 0.05) is 5.69 Å². The van der Waals surface area contributed by atoms with E-state index in [2.05, 4.69) is 15.3 Å². The van der Waals surface area contributed by atoms with E-state index in [1.165, 1.54) is 12.1 Å². The Morgan fingerprint density at radius 3 is 2.88 bits per heavy atom. The summed E-state index contributed by atoms with van der Waals surface area (Å²) in [6.45, 7) is 4.46. The summed E-state index contributed by atoms with van der Waals surface area (Å²) in [4.78, 5) is 7.21. The highest BCUT2D eigenvalue weighted by Gasteiger charge is 2.01. The van der Waals surface area contributed by atoms with Crippen LogP contribution in [0.5, 0.6) is 0 Å². The summed E-state index contributed by atoms with van der Waals surface area (Å²) in [7, 11) is 0. The first-order chi connectivity index (χ1) is 7.65. The predicted octanol–water partition coefficient (Wildman–Crippen LogP) is 2.78. The van der Waals surface area contributed by atoms with E-state index in [9.17, 15) is 4.39 Å². The number of hydrogen-bond acceptors (Lipinski definition) is 2. The van der Waals surface area contributed by atoms with Gasteiger partial charge in [-0.25, -0.2) is 9.37 Å². The van der Waals surface area contributed by atoms with Crippen molar-refractivity contribution in [3.05, 3.63) is 47.3 Å². The van der Waals surface area contributed by atoms with Gasteiger partial charge in [-0.1, -0.05) is 6.07 Å². The molecule has 0 saturated carbocycles. The fourth-order valence-corrected chi connectivity index (χ4v) is 1.54. The number of nitrogens with zero attached hydrogens (tertiary/aromatic N) is 1. The summed E-state index contributed by atoms with van der Waals surface area (Å²) in [6, 6.07) is 4.72. The Morgan fingerprint density at radius 2 is 2.19 bits per heavy atom. The number of aromatic amines is 1. The van der Waals surface area contributed by atoms with Crippen LogP contribution in [-0.4, -0.2) is 9.97 Å². The first-order valence-electron chi connectivity index (χ1n) is 5.15. The molecule has 2 N–H and O–H groups in total. The molecule has 3 nitrogen and oxygen atoms in total. The lowest BCUT2D eigenvalue weighted by molar-refractivity contribution is 0.628. The van der Waals surface area contributed by atoms with E-state index < -0.39 is 0 Å². The number of H-pyrrole nitrogens is 1. The van der Waals surface area contributed by atoms with Gasteiger partial charge >= 0.3 is 0 Å². The molecule has 0 aliphatic heterocycles. The van der Waals surface area contributed by atoms with Crippen molar-refractivity contribution in [2.45, 2.75) is 20.4 Å². The first-order valence-corrected chi connectivity index (χ1v) is 5.15. The summed E-state index contributed by atoms with van der Waals surface area (Å²) in [5.74, 6) is 0.654. The van der Waals surface area contributed by atoms with Gasteiger partial charge in [-0.3, -0.25) is 0 Å². The molecule has 0 aliphatic rings. The molecule has 0 fully saturated rings. The third-order valence-corrected chi connectivity index (χ3v) is 2.42. The maximum absolute atomic E-state index is 13.0. The van der Waals surface area contributed by atoms with Crippen molar-refractivity contribution in [3.8, 4) is 0 Å². The van der Waals surface area contributed by atoms with Gasteiger partial charge in [0.15, 0.2) is 0 Å². The van der Waals surface area contributed by atoms with Gasteiger partial charge in [-0.05, 0) is 31.5 Å². The van der Waals surface area contributed by atoms with Gasteiger partial charge in [0.25, 0.3) is 0 Å². The molecule has 16 heavy (non-hydrogen) atoms. The van der Waals surface area contributed by atoms with E-state index in [0.717, 1.165) is 22.8 Å². The third-order valence-electron chi connectivity index (χ3n) is 2.42. The van der Waals surface area contributed by atoms with E-state index in [-0.39, 0.29) is 5.82 Å². The molecule has 0 bridgehead atoms. The van der Waals surface area contributed by atoms with Crippen molar-refractivity contribution >= 4 is 5.69 Å². The molecule has 0 radical (unpaired) electrons. The third kappa shape index (κ3) is 2.39. The van der Waals surface area contributed by atoms with Crippen LogP contribution in [0.25, 0.3) is 0 Å². The van der Waals surface area contributed by atoms with Crippen molar-refractivity contribution < 1.29 is 4.39 Å². The minimum atomic E-state index is -0.228. The summed E-state index contributed by atoms with van der Waals surface area (Å²) in [5, 5.41) is 3.17. The van der Waals surface area contributed by atoms with Crippen LogP contribution in [-0.2, 0) is 6.54 Å². The number of imidazole rings is 1. The molecular formula is C12H14FN3. The van der Waals surface area contributed by atoms with Crippen LogP contribution in [0, 0.1) is 19.7 Å². The monoisotopic (exact) mass is 219 g/mol. The van der Waals surface area contributed by atoms with Crippen molar-refractivity contribution in [3.63, 3.8) is 0 Å². The molecule has 84 valence electrons. The van der Waals surface area contributed by atoms with Crippen LogP contribution in [0.15, 0.2) is 24.4 Å². The maximum Gasteiger partial charge on any atom is 0.125 e. The van der Waals surface area contributed by atoms with Gasteiger partial charge in [-0.15, -0.1) is 0 Å². The molecule has 2 rings (SSSR count). The van der Waals surface area contributed by atoms with Crippen LogP contribution in [0.2, 0.25) is 0 Å². The molecule has 4 heteroatoms. The number of hydrogen-bond donors (Lipinski definition) is 2. The lowest BCUT2D eigenvalue weighted by atomic mass is 10.2. The van der Waals surface area contributed by atoms with Crippen molar-refractivity contribution in [1.82, 2.24) is 9.97 Å². The normalized spacial score (nSPS) is 10.4. The zero-order valence-electron chi connectivity index (χ0n) is 9.34. The van der Waals surface area contributed by atoms with Gasteiger partial charge in [-0.2, -0.15) is 0 Å². The largest absolute Gasteiger partial charge is 0.379 e. The minimum Gasteiger partial charge on any atom is -0.379 e. The van der Waals surface area contributed by atoms with Crippen molar-refractivity contribution in [2.75, 3.05) is 5.32 Å². The Balaban J connectivity index is 2.07. The zero-order chi connectivity index (χ0) is 11.5. The second-order valence-corrected chi connectivity index (χ2v) is 3.81. The second-order valence-electron chi connectivity index (χ2n) is 3.81. The molecule has 0 unspecified atom stereocenters. The second kappa shape index (κ2) is 4.35. The molecule has 0 amide bonds. The topological polar surface area (TPSA) is 40.7 Å². The highest BCUT2D eigenvalue weighted by atomic mass is 19.1. The smallest absolute Gasteiger partial charge is 0.125 e. The van der Waals surface area contributed by atoms with Crippen molar-refractivity contribution in [1.29, 1.82) is 0 Å². The molecule has 0 spiro atoms. The number of benzene rings is 1. The molecule has 1 heterocycles. The van der Waals surface area contributed by atoms with Crippen molar-refractivity contribution in [2.24, 2.45) is 0 Å².